The summed E-state index contributed by atoms with van der Waals surface area (Å²) < 4.78 is 1.62. The number of carbonyl (C=O) groups is 1. The molecule has 0 saturated carbocycles. The summed E-state index contributed by atoms with van der Waals surface area (Å²) in [7, 11) is 0. The fourth-order valence-corrected chi connectivity index (χ4v) is 1.52. The molecule has 0 amide bonds. The van der Waals surface area contributed by atoms with Crippen LogP contribution in [-0.2, 0) is 13.0 Å². The molecule has 0 aromatic carbocycles. The number of aldehydes is 1. The van der Waals surface area contributed by atoms with Crippen LogP contribution in [0.15, 0.2) is 0 Å². The second-order valence-electron chi connectivity index (χ2n) is 4.50. The molecule has 0 aliphatic heterocycles. The third kappa shape index (κ3) is 3.41. The predicted molar refractivity (Wildman–Crippen MR) is 60.2 cm³/mol. The predicted octanol–water partition coefficient (Wildman–Crippen LogP) is 1.06. The van der Waals surface area contributed by atoms with Gasteiger partial charge < -0.3 is 5.11 Å². The zero-order chi connectivity index (χ0) is 12.1. The number of nitrogens with zero attached hydrogens (tertiary/aromatic N) is 3. The number of hydrogen-bond donors (Lipinski definition) is 1. The zero-order valence-corrected chi connectivity index (χ0v) is 10.1. The normalized spacial score (nSPS) is 13.1. The number of aromatic nitrogens is 3. The fourth-order valence-electron chi connectivity index (χ4n) is 1.52. The van der Waals surface area contributed by atoms with Crippen molar-refractivity contribution in [2.24, 2.45) is 5.92 Å². The summed E-state index contributed by atoms with van der Waals surface area (Å²) >= 11 is 0. The van der Waals surface area contributed by atoms with Crippen molar-refractivity contribution >= 4 is 6.29 Å². The maximum absolute atomic E-state index is 10.8. The van der Waals surface area contributed by atoms with Gasteiger partial charge in [0.2, 0.25) is 0 Å². The van der Waals surface area contributed by atoms with Crippen LogP contribution in [-0.4, -0.2) is 32.5 Å². The molecular weight excluding hydrogens is 206 g/mol. The topological polar surface area (TPSA) is 68.0 Å². The third-order valence-electron chi connectivity index (χ3n) is 2.37. The Morgan fingerprint density at radius 2 is 2.12 bits per heavy atom. The van der Waals surface area contributed by atoms with Crippen molar-refractivity contribution in [1.82, 2.24) is 15.0 Å². The minimum atomic E-state index is -0.487. The molecule has 1 unspecified atom stereocenters. The molecular formula is C11H19N3O2. The van der Waals surface area contributed by atoms with Crippen LogP contribution < -0.4 is 0 Å². The Bertz CT molecular complexity index is 345. The molecule has 0 bridgehead atoms. The molecule has 1 N–H and O–H groups in total. The molecule has 0 radical (unpaired) electrons. The van der Waals surface area contributed by atoms with Crippen LogP contribution in [0.1, 0.15) is 43.4 Å². The molecule has 5 heteroatoms. The maximum atomic E-state index is 10.8. The van der Waals surface area contributed by atoms with Crippen LogP contribution >= 0.6 is 0 Å². The number of hydrogen-bond acceptors (Lipinski definition) is 4. The lowest BCUT2D eigenvalue weighted by Crippen LogP contribution is -2.16. The highest BCUT2D eigenvalue weighted by Gasteiger charge is 2.13. The molecule has 5 nitrogen and oxygen atoms in total. The fraction of sp³-hybridized carbons (Fsp3) is 0.727. The Kier molecular flexibility index (Phi) is 4.61. The molecule has 0 aliphatic rings. The Hall–Kier alpha value is -1.23. The van der Waals surface area contributed by atoms with Gasteiger partial charge in [0.15, 0.2) is 6.29 Å². The van der Waals surface area contributed by atoms with Crippen molar-refractivity contribution in [3.63, 3.8) is 0 Å². The van der Waals surface area contributed by atoms with E-state index in [1.807, 2.05) is 0 Å². The summed E-state index contributed by atoms with van der Waals surface area (Å²) in [6, 6.07) is 0. The van der Waals surface area contributed by atoms with Gasteiger partial charge in [-0.2, -0.15) is 0 Å². The van der Waals surface area contributed by atoms with E-state index < -0.39 is 6.10 Å². The number of aliphatic hydroxyl groups excluding tert-OH is 1. The minimum absolute atomic E-state index is 0.383. The molecule has 0 saturated heterocycles. The van der Waals surface area contributed by atoms with Crippen LogP contribution in [0.2, 0.25) is 0 Å². The summed E-state index contributed by atoms with van der Waals surface area (Å²) in [6.45, 7) is 6.33. The number of carbonyl (C=O) groups excluding carboxylic acids is 1. The van der Waals surface area contributed by atoms with E-state index in [2.05, 4.69) is 24.2 Å². The second-order valence-corrected chi connectivity index (χ2v) is 4.50. The van der Waals surface area contributed by atoms with Crippen molar-refractivity contribution in [1.29, 1.82) is 0 Å². The zero-order valence-electron chi connectivity index (χ0n) is 10.1. The summed E-state index contributed by atoms with van der Waals surface area (Å²) in [5, 5.41) is 17.0. The van der Waals surface area contributed by atoms with Crippen LogP contribution in [0.25, 0.3) is 0 Å². The van der Waals surface area contributed by atoms with Gasteiger partial charge >= 0.3 is 0 Å². The van der Waals surface area contributed by atoms with Gasteiger partial charge in [-0.25, -0.2) is 4.68 Å². The van der Waals surface area contributed by atoms with E-state index >= 15 is 0 Å². The third-order valence-corrected chi connectivity index (χ3v) is 2.37. The van der Waals surface area contributed by atoms with Crippen LogP contribution in [0, 0.1) is 5.92 Å². The summed E-state index contributed by atoms with van der Waals surface area (Å²) in [5.74, 6) is 0.564. The lowest BCUT2D eigenvalue weighted by atomic mass is 10.1. The molecule has 90 valence electrons. The molecule has 0 spiro atoms. The van der Waals surface area contributed by atoms with Crippen molar-refractivity contribution < 1.29 is 9.90 Å². The van der Waals surface area contributed by atoms with Gasteiger partial charge in [-0.3, -0.25) is 4.79 Å². The Labute approximate surface area is 95.5 Å². The van der Waals surface area contributed by atoms with E-state index in [-0.39, 0.29) is 0 Å². The highest BCUT2D eigenvalue weighted by molar-refractivity contribution is 5.73. The molecule has 1 rings (SSSR count). The van der Waals surface area contributed by atoms with Gasteiger partial charge in [0.1, 0.15) is 5.69 Å². The summed E-state index contributed by atoms with van der Waals surface area (Å²) in [6.07, 6.45) is 1.99. The molecule has 0 fully saturated rings. The van der Waals surface area contributed by atoms with Crippen molar-refractivity contribution in [3.8, 4) is 0 Å². The van der Waals surface area contributed by atoms with Gasteiger partial charge in [0, 0.05) is 0 Å². The Balaban J connectivity index is 2.83. The Morgan fingerprint density at radius 3 is 2.62 bits per heavy atom. The molecule has 1 aromatic rings. The lowest BCUT2D eigenvalue weighted by molar-refractivity contribution is 0.111. The number of aliphatic hydroxyl groups is 1. The average Bonchev–Trinajstić information content (AvgIpc) is 2.56. The largest absolute Gasteiger partial charge is 0.391 e. The van der Waals surface area contributed by atoms with Crippen molar-refractivity contribution in [2.75, 3.05) is 0 Å². The standard InChI is InChI=1S/C11H19N3O2/c1-8(2)4-5-11-10(7-15)12-13-14(11)6-9(3)16/h7-9,16H,4-6H2,1-3H3. The summed E-state index contributed by atoms with van der Waals surface area (Å²) in [5.41, 5.74) is 1.21. The Morgan fingerprint density at radius 1 is 1.44 bits per heavy atom. The monoisotopic (exact) mass is 225 g/mol. The number of rotatable bonds is 6. The quantitative estimate of drug-likeness (QED) is 0.735. The highest BCUT2D eigenvalue weighted by Crippen LogP contribution is 2.11. The van der Waals surface area contributed by atoms with Crippen LogP contribution in [0.4, 0.5) is 0 Å². The second kappa shape index (κ2) is 5.75. The minimum Gasteiger partial charge on any atom is -0.391 e. The van der Waals surface area contributed by atoms with E-state index in [4.69, 9.17) is 0 Å². The van der Waals surface area contributed by atoms with E-state index in [0.717, 1.165) is 24.8 Å². The van der Waals surface area contributed by atoms with Gasteiger partial charge in [0.25, 0.3) is 0 Å². The van der Waals surface area contributed by atoms with Gasteiger partial charge in [0.05, 0.1) is 18.3 Å². The SMILES string of the molecule is CC(C)CCc1c(C=O)nnn1CC(C)O. The smallest absolute Gasteiger partial charge is 0.172 e. The molecule has 0 aliphatic carbocycles. The molecule has 1 atom stereocenters. The average molecular weight is 225 g/mol. The highest BCUT2D eigenvalue weighted by atomic mass is 16.3. The van der Waals surface area contributed by atoms with E-state index in [9.17, 15) is 9.90 Å². The van der Waals surface area contributed by atoms with Crippen LogP contribution in [0.5, 0.6) is 0 Å². The van der Waals surface area contributed by atoms with E-state index in [1.165, 1.54) is 0 Å². The van der Waals surface area contributed by atoms with Gasteiger partial charge in [-0.1, -0.05) is 19.1 Å². The first-order chi connectivity index (χ1) is 7.54. The van der Waals surface area contributed by atoms with E-state index in [0.29, 0.717) is 18.2 Å². The molecule has 16 heavy (non-hydrogen) atoms. The van der Waals surface area contributed by atoms with Gasteiger partial charge in [-0.05, 0) is 25.7 Å². The molecule has 1 heterocycles. The molecule has 1 aromatic heterocycles. The first kappa shape index (κ1) is 12.8. The van der Waals surface area contributed by atoms with Crippen LogP contribution in [0.3, 0.4) is 0 Å². The van der Waals surface area contributed by atoms with E-state index in [1.54, 1.807) is 11.6 Å². The summed E-state index contributed by atoms with van der Waals surface area (Å²) in [4.78, 5) is 10.8. The lowest BCUT2D eigenvalue weighted by Gasteiger charge is -2.09. The maximum Gasteiger partial charge on any atom is 0.172 e. The van der Waals surface area contributed by atoms with Crippen molar-refractivity contribution in [2.45, 2.75) is 46.3 Å². The first-order valence-corrected chi connectivity index (χ1v) is 5.60. The van der Waals surface area contributed by atoms with Crippen molar-refractivity contribution in [3.05, 3.63) is 11.4 Å². The van der Waals surface area contributed by atoms with Gasteiger partial charge in [-0.15, -0.1) is 5.10 Å². The first-order valence-electron chi connectivity index (χ1n) is 5.60.